The molecule has 0 aliphatic rings. The summed E-state index contributed by atoms with van der Waals surface area (Å²) >= 11 is 6.40. The van der Waals surface area contributed by atoms with Gasteiger partial charge >= 0.3 is 5.97 Å². The zero-order chi connectivity index (χ0) is 15.6. The maximum atomic E-state index is 12.4. The van der Waals surface area contributed by atoms with E-state index in [0.29, 0.717) is 20.8 Å². The molecule has 110 valence electrons. The fourth-order valence-corrected chi connectivity index (χ4v) is 2.95. The number of benzene rings is 1. The van der Waals surface area contributed by atoms with Crippen molar-refractivity contribution in [3.8, 4) is 5.75 Å². The molecule has 0 atom stereocenters. The SMILES string of the molecule is C=CC(=O)Oc1ccc2c(c1)[n+]([O-])c(CBr)c(CBr)[n+]2[O-]. The summed E-state index contributed by atoms with van der Waals surface area (Å²) in [4.78, 5) is 11.2. The van der Waals surface area contributed by atoms with Crippen molar-refractivity contribution in [2.45, 2.75) is 10.7 Å². The Hall–Kier alpha value is -1.67. The second-order valence-electron chi connectivity index (χ2n) is 4.03. The summed E-state index contributed by atoms with van der Waals surface area (Å²) in [5.41, 5.74) is 0.938. The Balaban J connectivity index is 2.69. The average Bonchev–Trinajstić information content (AvgIpc) is 2.50. The molecule has 2 rings (SSSR count). The number of alkyl halides is 2. The van der Waals surface area contributed by atoms with Crippen molar-refractivity contribution in [1.29, 1.82) is 0 Å². The van der Waals surface area contributed by atoms with E-state index in [1.165, 1.54) is 18.2 Å². The number of ether oxygens (including phenoxy) is 1. The van der Waals surface area contributed by atoms with Crippen molar-refractivity contribution >= 4 is 48.9 Å². The molecule has 0 spiro atoms. The summed E-state index contributed by atoms with van der Waals surface area (Å²) in [7, 11) is 0. The third-order valence-electron chi connectivity index (χ3n) is 2.85. The molecular formula is C13H10Br2N2O4. The van der Waals surface area contributed by atoms with Crippen molar-refractivity contribution in [2.75, 3.05) is 0 Å². The molecule has 0 aliphatic carbocycles. The number of nitrogens with zero attached hydrogens (tertiary/aromatic N) is 2. The maximum absolute atomic E-state index is 12.4. The minimum absolute atomic E-state index is 0.124. The standard InChI is InChI=1S/C13H10Br2N2O4/c1-2-13(18)21-8-3-4-9-10(5-8)17(20)12(7-15)11(6-14)16(9)19/h2-5H,1,6-7H2. The van der Waals surface area contributed by atoms with Gasteiger partial charge in [-0.1, -0.05) is 38.4 Å². The zero-order valence-corrected chi connectivity index (χ0v) is 13.9. The number of hydrogen-bond donors (Lipinski definition) is 0. The Morgan fingerprint density at radius 2 is 1.76 bits per heavy atom. The predicted molar refractivity (Wildman–Crippen MR) is 83.0 cm³/mol. The Bertz CT molecular complexity index is 734. The highest BCUT2D eigenvalue weighted by Crippen LogP contribution is 2.19. The monoisotopic (exact) mass is 416 g/mol. The summed E-state index contributed by atoms with van der Waals surface area (Å²) in [6, 6.07) is 4.23. The fourth-order valence-electron chi connectivity index (χ4n) is 1.85. The minimum Gasteiger partial charge on any atom is -0.618 e. The van der Waals surface area contributed by atoms with Crippen LogP contribution < -0.4 is 14.2 Å². The number of hydrogen-bond acceptors (Lipinski definition) is 4. The van der Waals surface area contributed by atoms with Crippen molar-refractivity contribution in [3.63, 3.8) is 0 Å². The predicted octanol–water partition coefficient (Wildman–Crippen LogP) is 1.99. The molecule has 0 aliphatic heterocycles. The van der Waals surface area contributed by atoms with E-state index >= 15 is 0 Å². The molecular weight excluding hydrogens is 408 g/mol. The van der Waals surface area contributed by atoms with Gasteiger partial charge in [-0.05, 0) is 6.07 Å². The van der Waals surface area contributed by atoms with Crippen LogP contribution in [0.5, 0.6) is 5.75 Å². The van der Waals surface area contributed by atoms with Crippen molar-refractivity contribution in [3.05, 3.63) is 52.7 Å². The van der Waals surface area contributed by atoms with E-state index in [1.807, 2.05) is 0 Å². The number of esters is 1. The first-order valence-corrected chi connectivity index (χ1v) is 8.04. The molecule has 1 heterocycles. The van der Waals surface area contributed by atoms with E-state index in [4.69, 9.17) is 4.74 Å². The second kappa shape index (κ2) is 6.40. The molecule has 0 radical (unpaired) electrons. The topological polar surface area (TPSA) is 80.2 Å². The maximum Gasteiger partial charge on any atom is 0.335 e. The average molecular weight is 418 g/mol. The van der Waals surface area contributed by atoms with Crippen LogP contribution in [0.1, 0.15) is 11.4 Å². The van der Waals surface area contributed by atoms with Crippen LogP contribution in [-0.2, 0) is 15.5 Å². The molecule has 1 aromatic heterocycles. The van der Waals surface area contributed by atoms with E-state index in [1.54, 1.807) is 0 Å². The lowest BCUT2D eigenvalue weighted by molar-refractivity contribution is -0.638. The van der Waals surface area contributed by atoms with Crippen LogP contribution in [0.15, 0.2) is 30.9 Å². The molecule has 0 saturated heterocycles. The molecule has 6 nitrogen and oxygen atoms in total. The largest absolute Gasteiger partial charge is 0.618 e. The Kier molecular flexibility index (Phi) is 4.79. The van der Waals surface area contributed by atoms with Gasteiger partial charge in [0.1, 0.15) is 5.75 Å². The lowest BCUT2D eigenvalue weighted by Crippen LogP contribution is -2.45. The number of carbonyl (C=O) groups excluding carboxylic acids is 1. The Labute approximate surface area is 137 Å². The van der Waals surface area contributed by atoms with Crippen LogP contribution in [0.4, 0.5) is 0 Å². The van der Waals surface area contributed by atoms with E-state index in [-0.39, 0.29) is 27.4 Å². The molecule has 0 amide bonds. The highest BCUT2D eigenvalue weighted by Gasteiger charge is 2.26. The fraction of sp³-hybridized carbons (Fsp3) is 0.154. The first kappa shape index (κ1) is 15.7. The van der Waals surface area contributed by atoms with E-state index in [2.05, 4.69) is 38.4 Å². The highest BCUT2D eigenvalue weighted by molar-refractivity contribution is 9.09. The third-order valence-corrected chi connectivity index (χ3v) is 3.91. The molecule has 2 aromatic rings. The summed E-state index contributed by atoms with van der Waals surface area (Å²) < 4.78 is 6.30. The van der Waals surface area contributed by atoms with Crippen LogP contribution in [0, 0.1) is 10.4 Å². The summed E-state index contributed by atoms with van der Waals surface area (Å²) in [5.74, 6) is -0.469. The van der Waals surface area contributed by atoms with Crippen molar-refractivity contribution < 1.29 is 19.0 Å². The molecule has 0 fully saturated rings. The number of halogens is 2. The van der Waals surface area contributed by atoms with Gasteiger partial charge in [-0.25, -0.2) is 4.79 Å². The van der Waals surface area contributed by atoms with Gasteiger partial charge in [-0.3, -0.25) is 0 Å². The molecule has 0 saturated carbocycles. The van der Waals surface area contributed by atoms with Gasteiger partial charge in [0.25, 0.3) is 22.4 Å². The van der Waals surface area contributed by atoms with Crippen LogP contribution in [0.25, 0.3) is 11.0 Å². The van der Waals surface area contributed by atoms with Gasteiger partial charge in [0.15, 0.2) is 0 Å². The molecule has 1 aromatic carbocycles. The summed E-state index contributed by atoms with van der Waals surface area (Å²) in [5, 5.41) is 25.1. The molecule has 0 N–H and O–H groups in total. The van der Waals surface area contributed by atoms with Gasteiger partial charge in [0, 0.05) is 12.1 Å². The normalized spacial score (nSPS) is 10.6. The van der Waals surface area contributed by atoms with Gasteiger partial charge in [-0.15, -0.1) is 0 Å². The van der Waals surface area contributed by atoms with Crippen molar-refractivity contribution in [2.24, 2.45) is 0 Å². The Morgan fingerprint density at radius 1 is 1.19 bits per heavy atom. The molecule has 0 unspecified atom stereocenters. The van der Waals surface area contributed by atoms with E-state index in [0.717, 1.165) is 6.08 Å². The highest BCUT2D eigenvalue weighted by atomic mass is 79.9. The van der Waals surface area contributed by atoms with Gasteiger partial charge in [0.05, 0.1) is 16.7 Å². The Morgan fingerprint density at radius 3 is 2.29 bits per heavy atom. The number of aromatic nitrogens is 2. The summed E-state index contributed by atoms with van der Waals surface area (Å²) in [6.07, 6.45) is 1.01. The smallest absolute Gasteiger partial charge is 0.335 e. The first-order chi connectivity index (χ1) is 10.0. The molecule has 0 bridgehead atoms. The van der Waals surface area contributed by atoms with Gasteiger partial charge < -0.3 is 15.2 Å². The van der Waals surface area contributed by atoms with Crippen LogP contribution in [-0.4, -0.2) is 5.97 Å². The van der Waals surface area contributed by atoms with Gasteiger partial charge in [-0.2, -0.15) is 9.46 Å². The van der Waals surface area contributed by atoms with Crippen LogP contribution in [0.3, 0.4) is 0 Å². The minimum atomic E-state index is -0.639. The lowest BCUT2D eigenvalue weighted by Gasteiger charge is -2.11. The quantitative estimate of drug-likeness (QED) is 0.190. The van der Waals surface area contributed by atoms with E-state index in [9.17, 15) is 15.2 Å². The van der Waals surface area contributed by atoms with Crippen LogP contribution >= 0.6 is 31.9 Å². The van der Waals surface area contributed by atoms with Gasteiger partial charge in [0.2, 0.25) is 0 Å². The lowest BCUT2D eigenvalue weighted by atomic mass is 10.2. The summed E-state index contributed by atoms with van der Waals surface area (Å²) in [6.45, 7) is 3.29. The third kappa shape index (κ3) is 2.86. The first-order valence-electron chi connectivity index (χ1n) is 5.80. The molecule has 8 heteroatoms. The second-order valence-corrected chi connectivity index (χ2v) is 5.15. The van der Waals surface area contributed by atoms with Crippen LogP contribution in [0.2, 0.25) is 0 Å². The molecule has 21 heavy (non-hydrogen) atoms. The number of rotatable bonds is 4. The number of fused-ring (bicyclic) bond motifs is 1. The van der Waals surface area contributed by atoms with E-state index < -0.39 is 5.97 Å². The number of carbonyl (C=O) groups is 1. The van der Waals surface area contributed by atoms with Crippen molar-refractivity contribution in [1.82, 2.24) is 0 Å². The zero-order valence-electron chi connectivity index (χ0n) is 10.7.